The number of nitrogens with zero attached hydrogens (tertiary/aromatic N) is 5. The number of aromatic nitrogens is 6. The topological polar surface area (TPSA) is 221 Å². The number of aromatic amines is 1. The zero-order valence-corrected chi connectivity index (χ0v) is 31.5. The van der Waals surface area contributed by atoms with Crippen LogP contribution in [0.5, 0.6) is 0 Å². The van der Waals surface area contributed by atoms with Crippen molar-refractivity contribution < 1.29 is 46.8 Å². The van der Waals surface area contributed by atoms with Gasteiger partial charge in [0.2, 0.25) is 0 Å². The Hall–Kier alpha value is -5.82. The van der Waals surface area contributed by atoms with Crippen molar-refractivity contribution in [2.24, 2.45) is 5.73 Å². The van der Waals surface area contributed by atoms with E-state index in [-0.39, 0.29) is 36.3 Å². The first-order valence-electron chi connectivity index (χ1n) is 16.9. The fraction of sp³-hybridized carbons (Fsp3) is 0.250. The van der Waals surface area contributed by atoms with Crippen LogP contribution < -0.4 is 15.7 Å². The molecule has 0 aromatic carbocycles. The van der Waals surface area contributed by atoms with E-state index >= 15 is 0 Å². The van der Waals surface area contributed by atoms with Crippen LogP contribution in [-0.2, 0) is 50.7 Å². The summed E-state index contributed by atoms with van der Waals surface area (Å²) in [6.45, 7) is 15.9. The number of hydrogen-bond donors (Lipinski definition) is 5. The number of aryl methyl sites for hydroxylation is 4. The van der Waals surface area contributed by atoms with Crippen molar-refractivity contribution in [2.75, 3.05) is 0 Å². The molecule has 13 nitrogen and oxygen atoms in total. The maximum absolute atomic E-state index is 11.5. The molecule has 4 aromatic rings. The average molecular weight is 772 g/mol. The first-order valence-corrected chi connectivity index (χ1v) is 16.9. The summed E-state index contributed by atoms with van der Waals surface area (Å²) >= 11 is 0. The molecule has 0 amide bonds. The monoisotopic (exact) mass is 771 g/mol. The van der Waals surface area contributed by atoms with Crippen LogP contribution in [0, 0.1) is 13.8 Å². The predicted octanol–water partition coefficient (Wildman–Crippen LogP) is 5.82. The fourth-order valence-electron chi connectivity index (χ4n) is 6.33. The number of carboxylic acids is 3. The summed E-state index contributed by atoms with van der Waals surface area (Å²) in [5.74, 6) is -2.80. The molecule has 0 radical (unpaired) electrons. The van der Waals surface area contributed by atoms with Gasteiger partial charge < -0.3 is 36.0 Å². The van der Waals surface area contributed by atoms with Crippen LogP contribution in [-0.4, -0.2) is 59.2 Å². The second-order valence-corrected chi connectivity index (χ2v) is 12.8. The molecule has 0 aliphatic carbocycles. The van der Waals surface area contributed by atoms with E-state index in [1.54, 1.807) is 18.3 Å². The molecule has 14 heteroatoms. The number of allylic oxidation sites excluding steroid dienone is 6. The molecule has 0 fully saturated rings. The third-order valence-electron chi connectivity index (χ3n) is 9.38. The Morgan fingerprint density at radius 2 is 1.22 bits per heavy atom. The fourth-order valence-corrected chi connectivity index (χ4v) is 6.33. The Morgan fingerprint density at radius 1 is 0.759 bits per heavy atom. The Bertz CT molecular complexity index is 2370. The maximum atomic E-state index is 11.5. The molecule has 6 N–H and O–H groups in total. The van der Waals surface area contributed by atoms with E-state index in [0.29, 0.717) is 40.6 Å². The molecule has 2 aliphatic rings. The molecule has 8 bridgehead atoms. The summed E-state index contributed by atoms with van der Waals surface area (Å²) in [5.41, 5.74) is 18.6. The van der Waals surface area contributed by atoms with Crippen molar-refractivity contribution in [3.63, 3.8) is 0 Å². The van der Waals surface area contributed by atoms with Crippen LogP contribution in [0.25, 0.3) is 44.4 Å². The summed E-state index contributed by atoms with van der Waals surface area (Å²) in [4.78, 5) is 59.5. The van der Waals surface area contributed by atoms with Crippen LogP contribution in [0.15, 0.2) is 62.1 Å². The Balaban J connectivity index is 0.000000466. The van der Waals surface area contributed by atoms with E-state index in [1.807, 2.05) is 52.0 Å². The largest absolute Gasteiger partial charge is 2.00 e. The van der Waals surface area contributed by atoms with Gasteiger partial charge in [0, 0.05) is 42.3 Å². The number of hydrogen-bond acceptors (Lipinski definition) is 7. The molecule has 6 rings (SSSR count). The second-order valence-electron chi connectivity index (χ2n) is 12.8. The first-order chi connectivity index (χ1) is 25.2. The number of aliphatic carboxylic acids is 3. The summed E-state index contributed by atoms with van der Waals surface area (Å²) in [7, 11) is 0. The molecule has 0 saturated heterocycles. The number of nitrogens with one attached hydrogen (secondary N) is 1. The van der Waals surface area contributed by atoms with Gasteiger partial charge in [-0.1, -0.05) is 65.8 Å². The van der Waals surface area contributed by atoms with Crippen molar-refractivity contribution in [2.45, 2.75) is 65.8 Å². The minimum absolute atomic E-state index is 0. The molecule has 54 heavy (non-hydrogen) atoms. The third kappa shape index (κ3) is 8.85. The van der Waals surface area contributed by atoms with Crippen LogP contribution in [0.4, 0.5) is 0 Å². The maximum Gasteiger partial charge on any atom is 2.00 e. The Labute approximate surface area is 322 Å². The number of nitrogens with two attached hydrogens (primary N) is 1. The number of carbonyl (C=O) groups is 3. The van der Waals surface area contributed by atoms with Gasteiger partial charge in [-0.25, -0.2) is 15.0 Å². The third-order valence-corrected chi connectivity index (χ3v) is 9.38. The van der Waals surface area contributed by atoms with Crippen LogP contribution >= 0.6 is 0 Å². The van der Waals surface area contributed by atoms with Crippen LogP contribution in [0.2, 0.25) is 0 Å². The van der Waals surface area contributed by atoms with E-state index in [9.17, 15) is 24.6 Å². The molecule has 4 aromatic heterocycles. The molecule has 6 heterocycles. The van der Waals surface area contributed by atoms with Gasteiger partial charge in [-0.2, -0.15) is 0 Å². The van der Waals surface area contributed by atoms with E-state index in [1.165, 1.54) is 6.33 Å². The number of carboxylic acid groups (broad SMARTS) is 3. The molecule has 0 unspecified atom stereocenters. The minimum atomic E-state index is -1.00. The second kappa shape index (κ2) is 17.3. The zero-order chi connectivity index (χ0) is 38.6. The van der Waals surface area contributed by atoms with Gasteiger partial charge in [0.25, 0.3) is 0 Å². The van der Waals surface area contributed by atoms with Crippen molar-refractivity contribution in [3.8, 4) is 0 Å². The molecule has 0 saturated carbocycles. The normalized spacial score (nSPS) is 12.8. The van der Waals surface area contributed by atoms with Crippen molar-refractivity contribution in [3.05, 3.63) is 113 Å². The molecule has 2 aliphatic heterocycles. The summed E-state index contributed by atoms with van der Waals surface area (Å²) < 4.78 is 0. The average Bonchev–Trinajstić information content (AvgIpc) is 3.90. The Morgan fingerprint density at radius 3 is 1.65 bits per heavy atom. The van der Waals surface area contributed by atoms with E-state index in [0.717, 1.165) is 67.3 Å². The number of rotatable bonds is 11. The van der Waals surface area contributed by atoms with E-state index in [4.69, 9.17) is 30.8 Å². The SMILES string of the molecule is C=CC1=C(C)c2cc3[n-]c(cc4[n-]c(cc5nc(cc1n2)C(C)=C5C=C)c(C)c4CCC(=O)O)c(CCC(=O)O)c3C.N[C@@H](Cc1cnc[nH]1)C(=O)O.[Fe+2]. The van der Waals surface area contributed by atoms with E-state index in [2.05, 4.69) is 23.1 Å². The molecule has 280 valence electrons. The van der Waals surface area contributed by atoms with Gasteiger partial charge in [0.1, 0.15) is 6.04 Å². The smallest absolute Gasteiger partial charge is 0.657 e. The van der Waals surface area contributed by atoms with Gasteiger partial charge >= 0.3 is 35.0 Å². The van der Waals surface area contributed by atoms with Crippen LogP contribution in [0.1, 0.15) is 77.4 Å². The minimum Gasteiger partial charge on any atom is -0.657 e. The molecular weight excluding hydrogens is 730 g/mol. The van der Waals surface area contributed by atoms with Gasteiger partial charge in [-0.05, 0) is 57.7 Å². The summed E-state index contributed by atoms with van der Waals surface area (Å²) in [6, 6.07) is 6.77. The van der Waals surface area contributed by atoms with Crippen molar-refractivity contribution in [1.82, 2.24) is 29.9 Å². The number of imidazole rings is 1. The molecule has 1 atom stereocenters. The van der Waals surface area contributed by atoms with Crippen molar-refractivity contribution in [1.29, 1.82) is 0 Å². The predicted molar refractivity (Wildman–Crippen MR) is 204 cm³/mol. The number of fused-ring (bicyclic) bond motifs is 8. The van der Waals surface area contributed by atoms with Gasteiger partial charge in [-0.3, -0.25) is 14.4 Å². The zero-order valence-electron chi connectivity index (χ0n) is 30.4. The van der Waals surface area contributed by atoms with E-state index < -0.39 is 23.9 Å². The molecular formula is C40H41FeN7O6. The summed E-state index contributed by atoms with van der Waals surface area (Å²) in [6.07, 6.45) is 7.39. The van der Waals surface area contributed by atoms with Gasteiger partial charge in [0.15, 0.2) is 0 Å². The summed E-state index contributed by atoms with van der Waals surface area (Å²) in [5, 5.41) is 27.3. The first kappa shape index (κ1) is 40.9. The van der Waals surface area contributed by atoms with Crippen molar-refractivity contribution >= 4 is 62.3 Å². The van der Waals surface area contributed by atoms with Gasteiger partial charge in [-0.15, -0.1) is 22.1 Å². The number of H-pyrrole nitrogens is 1. The van der Waals surface area contributed by atoms with Gasteiger partial charge in [0.05, 0.1) is 29.1 Å². The standard InChI is InChI=1S/C34H34N4O4.C6H9N3O2.Fe/c1-7-21-17(3)25-13-26-19(5)23(9-11-33(39)40)31(37-26)16-32-24(10-12-34(41)42)20(6)28(38-32)15-30-22(8-2)18(4)27(36-30)14-29(21)35-25;7-5(6(10)11)1-4-2-8-3-9-4;/h7-8,13-16H,1-2,9-12H2,3-6H3,(H4,35,36,37,38,39,40,41,42);2-3,5H,1,7H2,(H,8,9)(H,10,11);/q;;+2/p-2/t;5-;/m.0./s1. The quantitative estimate of drug-likeness (QED) is 0.114. The van der Waals surface area contributed by atoms with Crippen LogP contribution in [0.3, 0.4) is 0 Å². The Kier molecular flexibility index (Phi) is 13.1. The molecule has 0 spiro atoms.